The van der Waals surface area contributed by atoms with E-state index in [2.05, 4.69) is 5.32 Å². The lowest BCUT2D eigenvalue weighted by Gasteiger charge is -2.25. The molecule has 7 nitrogen and oxygen atoms in total. The molecular formula is C11H23NO6. The molecule has 0 aromatic carbocycles. The number of hydrogen-bond donors (Lipinski definition) is 6. The Morgan fingerprint density at radius 1 is 1.11 bits per heavy atom. The summed E-state index contributed by atoms with van der Waals surface area (Å²) in [6.45, 7) is 0.991. The molecule has 0 unspecified atom stereocenters. The Labute approximate surface area is 106 Å². The van der Waals surface area contributed by atoms with Crippen LogP contribution in [0.15, 0.2) is 0 Å². The lowest BCUT2D eigenvalue weighted by molar-refractivity contribution is -0.126. The molecule has 0 aromatic heterocycles. The van der Waals surface area contributed by atoms with Crippen LogP contribution in [0, 0.1) is 0 Å². The summed E-state index contributed by atoms with van der Waals surface area (Å²) in [5, 5.41) is 48.3. The Hall–Kier alpha value is -0.730. The second-order valence-corrected chi connectivity index (χ2v) is 4.21. The van der Waals surface area contributed by atoms with Crippen molar-refractivity contribution in [1.82, 2.24) is 5.32 Å². The Morgan fingerprint density at radius 2 is 1.67 bits per heavy atom. The number of aliphatic hydroxyl groups is 5. The van der Waals surface area contributed by atoms with Crippen molar-refractivity contribution in [2.75, 3.05) is 13.2 Å². The Kier molecular flexibility index (Phi) is 8.86. The maximum atomic E-state index is 11.2. The number of hydrogen-bond acceptors (Lipinski definition) is 6. The molecule has 0 fully saturated rings. The molecule has 0 saturated carbocycles. The van der Waals surface area contributed by atoms with E-state index in [1.165, 1.54) is 0 Å². The SMILES string of the molecule is CCCCC(=O)NC[C@@H](O)[C@H](O)[C@@H](O)[C@@H](O)CO. The van der Waals surface area contributed by atoms with E-state index in [0.29, 0.717) is 6.42 Å². The summed E-state index contributed by atoms with van der Waals surface area (Å²) in [6.07, 6.45) is -4.31. The van der Waals surface area contributed by atoms with E-state index in [9.17, 15) is 20.1 Å². The molecule has 0 rings (SSSR count). The van der Waals surface area contributed by atoms with Gasteiger partial charge in [-0.25, -0.2) is 0 Å². The topological polar surface area (TPSA) is 130 Å². The molecule has 0 spiro atoms. The van der Waals surface area contributed by atoms with Gasteiger partial charge in [-0.2, -0.15) is 0 Å². The number of unbranched alkanes of at least 4 members (excludes halogenated alkanes) is 1. The second-order valence-electron chi connectivity index (χ2n) is 4.21. The molecule has 4 atom stereocenters. The van der Waals surface area contributed by atoms with Gasteiger partial charge in [0.1, 0.15) is 18.3 Å². The summed E-state index contributed by atoms with van der Waals surface area (Å²) in [5.41, 5.74) is 0. The molecule has 7 heteroatoms. The van der Waals surface area contributed by atoms with Gasteiger partial charge in [-0.15, -0.1) is 0 Å². The van der Waals surface area contributed by atoms with E-state index in [-0.39, 0.29) is 12.5 Å². The quantitative estimate of drug-likeness (QED) is 0.279. The van der Waals surface area contributed by atoms with Gasteiger partial charge in [0.2, 0.25) is 5.91 Å². The van der Waals surface area contributed by atoms with Gasteiger partial charge in [-0.05, 0) is 6.42 Å². The first-order valence-corrected chi connectivity index (χ1v) is 6.03. The van der Waals surface area contributed by atoms with Crippen molar-refractivity contribution < 1.29 is 30.3 Å². The lowest BCUT2D eigenvalue weighted by atomic mass is 10.0. The summed E-state index contributed by atoms with van der Waals surface area (Å²) >= 11 is 0. The minimum absolute atomic E-state index is 0.223. The standard InChI is InChI=1S/C11H23NO6/c1-2-3-4-9(16)12-5-7(14)10(17)11(18)8(15)6-13/h7-8,10-11,13-15,17-18H,2-6H2,1H3,(H,12,16)/t7-,8+,10+,11+/m1/s1. The fraction of sp³-hybridized carbons (Fsp3) is 0.909. The van der Waals surface area contributed by atoms with E-state index >= 15 is 0 Å². The Balaban J connectivity index is 4.00. The minimum Gasteiger partial charge on any atom is -0.394 e. The van der Waals surface area contributed by atoms with Crippen molar-refractivity contribution in [2.45, 2.75) is 50.6 Å². The van der Waals surface area contributed by atoms with Gasteiger partial charge in [0.25, 0.3) is 0 Å². The van der Waals surface area contributed by atoms with Gasteiger partial charge in [-0.3, -0.25) is 4.79 Å². The van der Waals surface area contributed by atoms with Gasteiger partial charge in [-0.1, -0.05) is 13.3 Å². The molecule has 108 valence electrons. The average Bonchev–Trinajstić information content (AvgIpc) is 2.39. The van der Waals surface area contributed by atoms with E-state index in [0.717, 1.165) is 12.8 Å². The van der Waals surface area contributed by atoms with Crippen LogP contribution >= 0.6 is 0 Å². The highest BCUT2D eigenvalue weighted by atomic mass is 16.4. The van der Waals surface area contributed by atoms with E-state index in [1.54, 1.807) is 0 Å². The summed E-state index contributed by atoms with van der Waals surface area (Å²) in [4.78, 5) is 11.2. The second kappa shape index (κ2) is 9.23. The molecular weight excluding hydrogens is 242 g/mol. The van der Waals surface area contributed by atoms with Crippen LogP contribution in [0.2, 0.25) is 0 Å². The molecule has 0 bridgehead atoms. The van der Waals surface area contributed by atoms with Crippen LogP contribution in [0.4, 0.5) is 0 Å². The molecule has 0 aliphatic heterocycles. The number of rotatable bonds is 9. The number of carbonyl (C=O) groups is 1. The van der Waals surface area contributed by atoms with Gasteiger partial charge >= 0.3 is 0 Å². The van der Waals surface area contributed by atoms with Gasteiger partial charge < -0.3 is 30.8 Å². The zero-order chi connectivity index (χ0) is 14.1. The van der Waals surface area contributed by atoms with Crippen LogP contribution in [-0.2, 0) is 4.79 Å². The average molecular weight is 265 g/mol. The predicted octanol–water partition coefficient (Wildman–Crippen LogP) is -2.27. The summed E-state index contributed by atoms with van der Waals surface area (Å²) in [7, 11) is 0. The molecule has 0 aromatic rings. The fourth-order valence-electron chi connectivity index (χ4n) is 1.33. The first-order valence-electron chi connectivity index (χ1n) is 6.03. The van der Waals surface area contributed by atoms with E-state index < -0.39 is 31.0 Å². The molecule has 18 heavy (non-hydrogen) atoms. The maximum absolute atomic E-state index is 11.2. The third-order valence-corrected chi connectivity index (χ3v) is 2.59. The Bertz CT molecular complexity index is 238. The van der Waals surface area contributed by atoms with Crippen molar-refractivity contribution in [3.8, 4) is 0 Å². The van der Waals surface area contributed by atoms with Crippen LogP contribution in [0.1, 0.15) is 26.2 Å². The van der Waals surface area contributed by atoms with Gasteiger partial charge in [0, 0.05) is 13.0 Å². The van der Waals surface area contributed by atoms with E-state index in [4.69, 9.17) is 10.2 Å². The lowest BCUT2D eigenvalue weighted by Crippen LogP contribution is -2.49. The fourth-order valence-corrected chi connectivity index (χ4v) is 1.33. The highest BCUT2D eigenvalue weighted by Gasteiger charge is 2.29. The largest absolute Gasteiger partial charge is 0.394 e. The predicted molar refractivity (Wildman–Crippen MR) is 63.6 cm³/mol. The molecule has 0 aliphatic rings. The van der Waals surface area contributed by atoms with Crippen molar-refractivity contribution in [1.29, 1.82) is 0 Å². The molecule has 0 aliphatic carbocycles. The molecule has 0 saturated heterocycles. The first-order chi connectivity index (χ1) is 8.43. The molecule has 1 amide bonds. The van der Waals surface area contributed by atoms with Crippen LogP contribution in [-0.4, -0.2) is 69.0 Å². The minimum atomic E-state index is -1.67. The van der Waals surface area contributed by atoms with Crippen molar-refractivity contribution >= 4 is 5.91 Å². The Morgan fingerprint density at radius 3 is 2.17 bits per heavy atom. The van der Waals surface area contributed by atoms with Crippen LogP contribution in [0.25, 0.3) is 0 Å². The number of aliphatic hydroxyl groups excluding tert-OH is 5. The van der Waals surface area contributed by atoms with Crippen molar-refractivity contribution in [3.05, 3.63) is 0 Å². The van der Waals surface area contributed by atoms with E-state index in [1.807, 2.05) is 6.92 Å². The zero-order valence-electron chi connectivity index (χ0n) is 10.5. The summed E-state index contributed by atoms with van der Waals surface area (Å²) in [5.74, 6) is -0.250. The molecule has 0 radical (unpaired) electrons. The highest BCUT2D eigenvalue weighted by Crippen LogP contribution is 2.04. The van der Waals surface area contributed by atoms with Gasteiger partial charge in [0.15, 0.2) is 0 Å². The number of carbonyl (C=O) groups excluding carboxylic acids is 1. The third-order valence-electron chi connectivity index (χ3n) is 2.59. The van der Waals surface area contributed by atoms with Crippen LogP contribution < -0.4 is 5.32 Å². The first kappa shape index (κ1) is 17.3. The smallest absolute Gasteiger partial charge is 0.220 e. The van der Waals surface area contributed by atoms with Crippen LogP contribution in [0.3, 0.4) is 0 Å². The zero-order valence-corrected chi connectivity index (χ0v) is 10.5. The van der Waals surface area contributed by atoms with Crippen molar-refractivity contribution in [3.63, 3.8) is 0 Å². The molecule has 0 heterocycles. The van der Waals surface area contributed by atoms with Gasteiger partial charge in [0.05, 0.1) is 12.7 Å². The normalized spacial score (nSPS) is 17.9. The summed E-state index contributed by atoms with van der Waals surface area (Å²) in [6, 6.07) is 0. The molecule has 6 N–H and O–H groups in total. The number of amides is 1. The van der Waals surface area contributed by atoms with Crippen molar-refractivity contribution in [2.24, 2.45) is 0 Å². The monoisotopic (exact) mass is 265 g/mol. The highest BCUT2D eigenvalue weighted by molar-refractivity contribution is 5.75. The summed E-state index contributed by atoms with van der Waals surface area (Å²) < 4.78 is 0. The third kappa shape index (κ3) is 6.27. The maximum Gasteiger partial charge on any atom is 0.220 e. The number of nitrogens with one attached hydrogen (secondary N) is 1. The van der Waals surface area contributed by atoms with Crippen LogP contribution in [0.5, 0.6) is 0 Å².